The van der Waals surface area contributed by atoms with Gasteiger partial charge in [-0.25, -0.2) is 0 Å². The number of nitrogens with two attached hydrogens (primary N) is 1. The zero-order valence-corrected chi connectivity index (χ0v) is 11.7. The van der Waals surface area contributed by atoms with E-state index in [2.05, 4.69) is 16.8 Å². The highest BCUT2D eigenvalue weighted by molar-refractivity contribution is 5.77. The molecule has 0 saturated heterocycles. The van der Waals surface area contributed by atoms with E-state index in [0.29, 0.717) is 5.75 Å². The van der Waals surface area contributed by atoms with Gasteiger partial charge in [0.1, 0.15) is 5.75 Å². The van der Waals surface area contributed by atoms with Crippen molar-refractivity contribution in [3.63, 3.8) is 0 Å². The van der Waals surface area contributed by atoms with E-state index in [1.54, 1.807) is 0 Å². The lowest BCUT2D eigenvalue weighted by atomic mass is 10.1. The third-order valence-electron chi connectivity index (χ3n) is 3.51. The van der Waals surface area contributed by atoms with E-state index in [9.17, 15) is 4.79 Å². The van der Waals surface area contributed by atoms with Crippen LogP contribution >= 0.6 is 0 Å². The molecule has 3 rings (SSSR count). The molecule has 0 radical (unpaired) electrons. The van der Waals surface area contributed by atoms with Crippen LogP contribution in [0.1, 0.15) is 25.0 Å². The van der Waals surface area contributed by atoms with Gasteiger partial charge in [-0.05, 0) is 36.2 Å². The molecule has 4 nitrogen and oxygen atoms in total. The van der Waals surface area contributed by atoms with Crippen LogP contribution in [-0.2, 0) is 17.8 Å². The number of ether oxygens (including phenoxy) is 1. The van der Waals surface area contributed by atoms with Gasteiger partial charge < -0.3 is 15.0 Å². The number of benzene rings is 1. The Morgan fingerprint density at radius 2 is 2.20 bits per heavy atom. The maximum Gasteiger partial charge on any atom is 0.308 e. The fraction of sp³-hybridized carbons (Fsp3) is 0.312. The molecule has 1 aliphatic carbocycles. The molecule has 2 N–H and O–H groups in total. The SMILES string of the molecule is CC(=O)Oc1ccc2c(c1)-c1c(ccn1C[C@@H](C)N)C2. The van der Waals surface area contributed by atoms with E-state index in [0.717, 1.165) is 18.5 Å². The van der Waals surface area contributed by atoms with Gasteiger partial charge in [0.25, 0.3) is 0 Å². The Hall–Kier alpha value is -2.07. The summed E-state index contributed by atoms with van der Waals surface area (Å²) < 4.78 is 7.36. The summed E-state index contributed by atoms with van der Waals surface area (Å²) in [6.45, 7) is 4.20. The minimum atomic E-state index is -0.297. The van der Waals surface area contributed by atoms with E-state index in [1.165, 1.54) is 23.7 Å². The average molecular weight is 270 g/mol. The minimum Gasteiger partial charge on any atom is -0.427 e. The summed E-state index contributed by atoms with van der Waals surface area (Å²) in [6.07, 6.45) is 3.01. The Morgan fingerprint density at radius 1 is 1.40 bits per heavy atom. The molecule has 0 fully saturated rings. The summed E-state index contributed by atoms with van der Waals surface area (Å²) in [5, 5.41) is 0. The number of rotatable bonds is 3. The summed E-state index contributed by atoms with van der Waals surface area (Å²) in [5.41, 5.74) is 10.8. The van der Waals surface area contributed by atoms with Crippen LogP contribution in [0.3, 0.4) is 0 Å². The highest BCUT2D eigenvalue weighted by Gasteiger charge is 2.23. The second kappa shape index (κ2) is 4.80. The van der Waals surface area contributed by atoms with E-state index < -0.39 is 0 Å². The summed E-state index contributed by atoms with van der Waals surface area (Å²) in [6, 6.07) is 8.07. The van der Waals surface area contributed by atoms with Crippen molar-refractivity contribution in [2.24, 2.45) is 5.73 Å². The first-order valence-electron chi connectivity index (χ1n) is 6.80. The third kappa shape index (κ3) is 2.23. The quantitative estimate of drug-likeness (QED) is 0.587. The Balaban J connectivity index is 2.02. The van der Waals surface area contributed by atoms with Crippen LogP contribution in [0, 0.1) is 0 Å². The first kappa shape index (κ1) is 12.9. The predicted octanol–water partition coefficient (Wildman–Crippen LogP) is 2.33. The molecule has 0 amide bonds. The first-order chi connectivity index (χ1) is 9.54. The van der Waals surface area contributed by atoms with Gasteiger partial charge in [-0.2, -0.15) is 0 Å². The normalized spacial score (nSPS) is 13.8. The minimum absolute atomic E-state index is 0.104. The number of hydrogen-bond acceptors (Lipinski definition) is 3. The number of aromatic nitrogens is 1. The lowest BCUT2D eigenvalue weighted by molar-refractivity contribution is -0.131. The third-order valence-corrected chi connectivity index (χ3v) is 3.51. The molecule has 0 bridgehead atoms. The van der Waals surface area contributed by atoms with Crippen LogP contribution in [0.5, 0.6) is 5.75 Å². The smallest absolute Gasteiger partial charge is 0.308 e. The molecular formula is C16H18N2O2. The molecule has 1 aromatic carbocycles. The van der Waals surface area contributed by atoms with Gasteiger partial charge in [-0.3, -0.25) is 4.79 Å². The van der Waals surface area contributed by atoms with Crippen LogP contribution in [0.2, 0.25) is 0 Å². The van der Waals surface area contributed by atoms with E-state index in [1.807, 2.05) is 25.1 Å². The summed E-state index contributed by atoms with van der Waals surface area (Å²) in [5.74, 6) is 0.298. The molecule has 4 heteroatoms. The molecule has 1 heterocycles. The van der Waals surface area contributed by atoms with Crippen LogP contribution < -0.4 is 10.5 Å². The highest BCUT2D eigenvalue weighted by atomic mass is 16.5. The molecular weight excluding hydrogens is 252 g/mol. The van der Waals surface area contributed by atoms with Crippen LogP contribution in [0.4, 0.5) is 0 Å². The van der Waals surface area contributed by atoms with Gasteiger partial charge in [0.2, 0.25) is 0 Å². The molecule has 20 heavy (non-hydrogen) atoms. The molecule has 1 atom stereocenters. The molecule has 0 saturated carbocycles. The van der Waals surface area contributed by atoms with Crippen molar-refractivity contribution < 1.29 is 9.53 Å². The molecule has 1 aromatic heterocycles. The van der Waals surface area contributed by atoms with Crippen LogP contribution in [0.15, 0.2) is 30.5 Å². The molecule has 0 aliphatic heterocycles. The van der Waals surface area contributed by atoms with Crippen molar-refractivity contribution in [3.8, 4) is 17.0 Å². The standard InChI is InChI=1S/C16H18N2O2/c1-10(17)9-18-6-5-13-7-12-3-4-14(20-11(2)19)8-15(12)16(13)18/h3-6,8,10H,7,9,17H2,1-2H3/t10-/m1/s1. The second-order valence-corrected chi connectivity index (χ2v) is 5.41. The van der Waals surface area contributed by atoms with Gasteiger partial charge in [0.15, 0.2) is 0 Å². The molecule has 104 valence electrons. The maximum atomic E-state index is 11.1. The Kier molecular flexibility index (Phi) is 3.10. The zero-order chi connectivity index (χ0) is 14.3. The van der Waals surface area contributed by atoms with Gasteiger partial charge >= 0.3 is 5.97 Å². The Morgan fingerprint density at radius 3 is 2.90 bits per heavy atom. The summed E-state index contributed by atoms with van der Waals surface area (Å²) in [7, 11) is 0. The Labute approximate surface area is 118 Å². The number of esters is 1. The highest BCUT2D eigenvalue weighted by Crippen LogP contribution is 2.39. The predicted molar refractivity (Wildman–Crippen MR) is 77.6 cm³/mol. The fourth-order valence-electron chi connectivity index (χ4n) is 2.82. The topological polar surface area (TPSA) is 57.2 Å². The van der Waals surface area contributed by atoms with Crippen molar-refractivity contribution in [3.05, 3.63) is 41.6 Å². The monoisotopic (exact) mass is 270 g/mol. The van der Waals surface area contributed by atoms with Gasteiger partial charge in [-0.1, -0.05) is 6.07 Å². The molecule has 0 spiro atoms. The Bertz CT molecular complexity index is 671. The summed E-state index contributed by atoms with van der Waals surface area (Å²) >= 11 is 0. The van der Waals surface area contributed by atoms with Gasteiger partial charge in [0.05, 0.1) is 5.69 Å². The lowest BCUT2D eigenvalue weighted by Gasteiger charge is -2.12. The van der Waals surface area contributed by atoms with Crippen molar-refractivity contribution in [1.29, 1.82) is 0 Å². The van der Waals surface area contributed by atoms with E-state index in [4.69, 9.17) is 10.5 Å². The van der Waals surface area contributed by atoms with Crippen molar-refractivity contribution in [2.45, 2.75) is 32.9 Å². The second-order valence-electron chi connectivity index (χ2n) is 5.41. The van der Waals surface area contributed by atoms with Crippen molar-refractivity contribution >= 4 is 5.97 Å². The van der Waals surface area contributed by atoms with Crippen LogP contribution in [0.25, 0.3) is 11.3 Å². The van der Waals surface area contributed by atoms with E-state index >= 15 is 0 Å². The largest absolute Gasteiger partial charge is 0.427 e. The fourth-order valence-corrected chi connectivity index (χ4v) is 2.82. The number of nitrogens with zero attached hydrogens (tertiary/aromatic N) is 1. The van der Waals surface area contributed by atoms with Crippen molar-refractivity contribution in [2.75, 3.05) is 0 Å². The first-order valence-corrected chi connectivity index (χ1v) is 6.80. The number of carbonyl (C=O) groups is 1. The van der Waals surface area contributed by atoms with E-state index in [-0.39, 0.29) is 12.0 Å². The number of fused-ring (bicyclic) bond motifs is 3. The average Bonchev–Trinajstić information content (AvgIpc) is 2.88. The summed E-state index contributed by atoms with van der Waals surface area (Å²) in [4.78, 5) is 11.1. The van der Waals surface area contributed by atoms with Gasteiger partial charge in [0, 0.05) is 37.7 Å². The lowest BCUT2D eigenvalue weighted by Crippen LogP contribution is -2.22. The number of hydrogen-bond donors (Lipinski definition) is 1. The zero-order valence-electron chi connectivity index (χ0n) is 11.7. The molecule has 0 unspecified atom stereocenters. The molecule has 2 aromatic rings. The maximum absolute atomic E-state index is 11.1. The van der Waals surface area contributed by atoms with Crippen LogP contribution in [-0.4, -0.2) is 16.6 Å². The van der Waals surface area contributed by atoms with Gasteiger partial charge in [-0.15, -0.1) is 0 Å². The van der Waals surface area contributed by atoms with Crippen molar-refractivity contribution in [1.82, 2.24) is 4.57 Å². The molecule has 1 aliphatic rings. The number of carbonyl (C=O) groups excluding carboxylic acids is 1.